The van der Waals surface area contributed by atoms with Crippen LogP contribution in [0.25, 0.3) is 6.08 Å². The second kappa shape index (κ2) is 5.57. The second-order valence-electron chi connectivity index (χ2n) is 5.34. The molecular formula is C17H15N3O3. The number of barbiturate groups is 1. The van der Waals surface area contributed by atoms with E-state index in [4.69, 9.17) is 0 Å². The molecule has 1 aromatic heterocycles. The van der Waals surface area contributed by atoms with Gasteiger partial charge in [-0.1, -0.05) is 17.7 Å². The summed E-state index contributed by atoms with van der Waals surface area (Å²) in [7, 11) is 1.81. The van der Waals surface area contributed by atoms with Crippen molar-refractivity contribution in [2.24, 2.45) is 7.05 Å². The van der Waals surface area contributed by atoms with E-state index in [2.05, 4.69) is 5.32 Å². The smallest absolute Gasteiger partial charge is 0.335 e. The average Bonchev–Trinajstić information content (AvgIpc) is 2.90. The molecule has 1 aliphatic rings. The number of nitrogens with one attached hydrogen (secondary N) is 1. The van der Waals surface area contributed by atoms with E-state index in [1.165, 1.54) is 6.08 Å². The molecule has 1 saturated heterocycles. The fourth-order valence-electron chi connectivity index (χ4n) is 2.36. The van der Waals surface area contributed by atoms with E-state index in [0.717, 1.165) is 10.5 Å². The first-order chi connectivity index (χ1) is 11.0. The molecule has 0 radical (unpaired) electrons. The molecule has 3 rings (SSSR count). The Hall–Kier alpha value is -3.15. The van der Waals surface area contributed by atoms with Crippen molar-refractivity contribution in [2.75, 3.05) is 4.90 Å². The predicted octanol–water partition coefficient (Wildman–Crippen LogP) is 2.00. The van der Waals surface area contributed by atoms with Crippen molar-refractivity contribution in [2.45, 2.75) is 6.92 Å². The Morgan fingerprint density at radius 2 is 1.74 bits per heavy atom. The standard InChI is InChI=1S/C17H15N3O3/c1-11-5-7-12(8-6-11)20-16(22)14(15(21)18-17(20)23)10-13-4-3-9-19(13)2/h3-10H,1-2H3,(H,18,21,23)/b14-10-. The molecule has 0 bridgehead atoms. The van der Waals surface area contributed by atoms with E-state index in [1.807, 2.05) is 6.92 Å². The molecule has 116 valence electrons. The predicted molar refractivity (Wildman–Crippen MR) is 85.6 cm³/mol. The van der Waals surface area contributed by atoms with Crippen molar-refractivity contribution >= 4 is 29.6 Å². The number of aryl methyl sites for hydroxylation is 2. The number of hydrogen-bond donors (Lipinski definition) is 1. The van der Waals surface area contributed by atoms with Gasteiger partial charge in [-0.05, 0) is 37.3 Å². The Kier molecular flexibility index (Phi) is 3.57. The summed E-state index contributed by atoms with van der Waals surface area (Å²) in [5.41, 5.74) is 2.05. The molecule has 23 heavy (non-hydrogen) atoms. The van der Waals surface area contributed by atoms with E-state index in [9.17, 15) is 14.4 Å². The largest absolute Gasteiger partial charge is 0.351 e. The monoisotopic (exact) mass is 309 g/mol. The van der Waals surface area contributed by atoms with Crippen molar-refractivity contribution < 1.29 is 14.4 Å². The first-order valence-corrected chi connectivity index (χ1v) is 7.07. The summed E-state index contributed by atoms with van der Waals surface area (Å²) >= 11 is 0. The molecule has 1 fully saturated rings. The van der Waals surface area contributed by atoms with Gasteiger partial charge < -0.3 is 4.57 Å². The first kappa shape index (κ1) is 14.8. The van der Waals surface area contributed by atoms with Crippen LogP contribution < -0.4 is 10.2 Å². The Bertz CT molecular complexity index is 831. The zero-order valence-electron chi connectivity index (χ0n) is 12.7. The molecule has 1 N–H and O–H groups in total. The van der Waals surface area contributed by atoms with Gasteiger partial charge in [-0.15, -0.1) is 0 Å². The van der Waals surface area contributed by atoms with Crippen molar-refractivity contribution in [1.29, 1.82) is 0 Å². The number of aromatic nitrogens is 1. The number of anilines is 1. The molecular weight excluding hydrogens is 294 g/mol. The summed E-state index contributed by atoms with van der Waals surface area (Å²) in [6.45, 7) is 1.91. The van der Waals surface area contributed by atoms with Gasteiger partial charge in [0.2, 0.25) is 0 Å². The lowest BCUT2D eigenvalue weighted by molar-refractivity contribution is -0.122. The number of hydrogen-bond acceptors (Lipinski definition) is 3. The lowest BCUT2D eigenvalue weighted by Crippen LogP contribution is -2.54. The van der Waals surface area contributed by atoms with Crippen molar-refractivity contribution in [3.8, 4) is 0 Å². The minimum Gasteiger partial charge on any atom is -0.351 e. The van der Waals surface area contributed by atoms with Crippen LogP contribution in [0.4, 0.5) is 10.5 Å². The van der Waals surface area contributed by atoms with Crippen LogP contribution >= 0.6 is 0 Å². The molecule has 0 aliphatic carbocycles. The lowest BCUT2D eigenvalue weighted by atomic mass is 10.1. The highest BCUT2D eigenvalue weighted by molar-refractivity contribution is 6.39. The topological polar surface area (TPSA) is 71.4 Å². The molecule has 6 heteroatoms. The summed E-state index contributed by atoms with van der Waals surface area (Å²) in [5.74, 6) is -1.33. The van der Waals surface area contributed by atoms with Crippen LogP contribution in [-0.2, 0) is 16.6 Å². The molecule has 0 atom stereocenters. The van der Waals surface area contributed by atoms with E-state index in [1.54, 1.807) is 54.2 Å². The molecule has 2 heterocycles. The fourth-order valence-corrected chi connectivity index (χ4v) is 2.36. The normalized spacial score (nSPS) is 16.9. The molecule has 0 unspecified atom stereocenters. The molecule has 6 nitrogen and oxygen atoms in total. The summed E-state index contributed by atoms with van der Waals surface area (Å²) in [4.78, 5) is 37.7. The van der Waals surface area contributed by atoms with Gasteiger partial charge in [0.15, 0.2) is 0 Å². The van der Waals surface area contributed by atoms with Crippen LogP contribution in [0.1, 0.15) is 11.3 Å². The van der Waals surface area contributed by atoms with E-state index in [-0.39, 0.29) is 5.57 Å². The number of urea groups is 1. The Labute approximate surface area is 133 Å². The van der Waals surface area contributed by atoms with E-state index < -0.39 is 17.8 Å². The zero-order valence-corrected chi connectivity index (χ0v) is 12.7. The summed E-state index contributed by atoms with van der Waals surface area (Å²) in [5, 5.41) is 2.20. The third-order valence-electron chi connectivity index (χ3n) is 3.67. The van der Waals surface area contributed by atoms with E-state index >= 15 is 0 Å². The van der Waals surface area contributed by atoms with Gasteiger partial charge in [0.05, 0.1) is 5.69 Å². The fraction of sp³-hybridized carbons (Fsp3) is 0.118. The third kappa shape index (κ3) is 2.66. The summed E-state index contributed by atoms with van der Waals surface area (Å²) in [6.07, 6.45) is 3.28. The lowest BCUT2D eigenvalue weighted by Gasteiger charge is -2.26. The van der Waals surface area contributed by atoms with Gasteiger partial charge in [0, 0.05) is 18.9 Å². The Balaban J connectivity index is 2.02. The van der Waals surface area contributed by atoms with Crippen molar-refractivity contribution in [3.63, 3.8) is 0 Å². The molecule has 0 saturated carbocycles. The minimum absolute atomic E-state index is 0.0769. The van der Waals surface area contributed by atoms with Crippen LogP contribution in [0, 0.1) is 6.92 Å². The number of imide groups is 2. The average molecular weight is 309 g/mol. The maximum Gasteiger partial charge on any atom is 0.335 e. The first-order valence-electron chi connectivity index (χ1n) is 7.07. The molecule has 2 aromatic rings. The molecule has 1 aliphatic heterocycles. The van der Waals surface area contributed by atoms with Crippen LogP contribution in [0.2, 0.25) is 0 Å². The van der Waals surface area contributed by atoms with Crippen LogP contribution in [0.15, 0.2) is 48.2 Å². The van der Waals surface area contributed by atoms with Gasteiger partial charge in [0.25, 0.3) is 11.8 Å². The van der Waals surface area contributed by atoms with Crippen LogP contribution in [0.3, 0.4) is 0 Å². The highest BCUT2D eigenvalue weighted by Crippen LogP contribution is 2.22. The maximum absolute atomic E-state index is 12.6. The van der Waals surface area contributed by atoms with Crippen molar-refractivity contribution in [1.82, 2.24) is 9.88 Å². The third-order valence-corrected chi connectivity index (χ3v) is 3.67. The van der Waals surface area contributed by atoms with Crippen LogP contribution in [0.5, 0.6) is 0 Å². The summed E-state index contributed by atoms with van der Waals surface area (Å²) < 4.78 is 1.78. The SMILES string of the molecule is Cc1ccc(N2C(=O)NC(=O)/C(=C/c3cccn3C)C2=O)cc1. The van der Waals surface area contributed by atoms with Crippen molar-refractivity contribution in [3.05, 3.63) is 59.4 Å². The van der Waals surface area contributed by atoms with Gasteiger partial charge in [-0.2, -0.15) is 0 Å². The van der Waals surface area contributed by atoms with E-state index in [0.29, 0.717) is 11.4 Å². The highest BCUT2D eigenvalue weighted by Gasteiger charge is 2.36. The quantitative estimate of drug-likeness (QED) is 0.681. The minimum atomic E-state index is -0.743. The molecule has 4 amide bonds. The number of amides is 4. The number of carbonyl (C=O) groups excluding carboxylic acids is 3. The second-order valence-corrected chi connectivity index (χ2v) is 5.34. The maximum atomic E-state index is 12.6. The van der Waals surface area contributed by atoms with Gasteiger partial charge in [-0.25, -0.2) is 9.69 Å². The Morgan fingerprint density at radius 3 is 2.35 bits per heavy atom. The Morgan fingerprint density at radius 1 is 1.04 bits per heavy atom. The van der Waals surface area contributed by atoms with Gasteiger partial charge in [0.1, 0.15) is 5.57 Å². The number of rotatable bonds is 2. The van der Waals surface area contributed by atoms with Gasteiger partial charge in [-0.3, -0.25) is 14.9 Å². The van der Waals surface area contributed by atoms with Gasteiger partial charge >= 0.3 is 6.03 Å². The highest BCUT2D eigenvalue weighted by atomic mass is 16.2. The zero-order chi connectivity index (χ0) is 16.6. The molecule has 1 aromatic carbocycles. The molecule has 0 spiro atoms. The number of nitrogens with zero attached hydrogens (tertiary/aromatic N) is 2. The van der Waals surface area contributed by atoms with Crippen LogP contribution in [-0.4, -0.2) is 22.4 Å². The number of carbonyl (C=O) groups is 3. The summed E-state index contributed by atoms with van der Waals surface area (Å²) in [6, 6.07) is 9.78. The number of benzene rings is 1.